The van der Waals surface area contributed by atoms with Gasteiger partial charge in [-0.25, -0.2) is 0 Å². The lowest BCUT2D eigenvalue weighted by Gasteiger charge is -2.18. The molecular formula is C17H19N3O4. The van der Waals surface area contributed by atoms with Gasteiger partial charge in [0.1, 0.15) is 18.0 Å². The van der Waals surface area contributed by atoms with E-state index in [1.807, 2.05) is 31.2 Å². The monoisotopic (exact) mass is 329 g/mol. The Hall–Kier alpha value is -3.09. The molecule has 0 unspecified atom stereocenters. The minimum absolute atomic E-state index is 0.0297. The summed E-state index contributed by atoms with van der Waals surface area (Å²) < 4.78 is 5.65. The van der Waals surface area contributed by atoms with Crippen LogP contribution in [0, 0.1) is 17.0 Å². The summed E-state index contributed by atoms with van der Waals surface area (Å²) in [6.45, 7) is 2.62. The van der Waals surface area contributed by atoms with E-state index in [0.717, 1.165) is 11.3 Å². The number of rotatable bonds is 6. The zero-order valence-electron chi connectivity index (χ0n) is 13.6. The van der Waals surface area contributed by atoms with Gasteiger partial charge in [-0.05, 0) is 30.7 Å². The van der Waals surface area contributed by atoms with E-state index in [1.54, 1.807) is 7.05 Å². The molecule has 2 N–H and O–H groups in total. The van der Waals surface area contributed by atoms with Crippen molar-refractivity contribution in [1.82, 2.24) is 4.90 Å². The molecule has 0 heterocycles. The van der Waals surface area contributed by atoms with Crippen molar-refractivity contribution in [3.05, 3.63) is 63.7 Å². The fourth-order valence-corrected chi connectivity index (χ4v) is 2.17. The van der Waals surface area contributed by atoms with Crippen molar-refractivity contribution in [3.8, 4) is 5.75 Å². The van der Waals surface area contributed by atoms with Crippen LogP contribution in [0.4, 0.5) is 11.4 Å². The fraction of sp³-hybridized carbons (Fsp3) is 0.235. The van der Waals surface area contributed by atoms with Crippen LogP contribution in [0.2, 0.25) is 0 Å². The van der Waals surface area contributed by atoms with E-state index in [9.17, 15) is 14.9 Å². The predicted molar refractivity (Wildman–Crippen MR) is 91.1 cm³/mol. The van der Waals surface area contributed by atoms with Crippen molar-refractivity contribution < 1.29 is 14.5 Å². The number of nitrogens with zero attached hydrogens (tertiary/aromatic N) is 2. The minimum Gasteiger partial charge on any atom is -0.491 e. The summed E-state index contributed by atoms with van der Waals surface area (Å²) in [6, 6.07) is 11.6. The third-order valence-corrected chi connectivity index (χ3v) is 3.60. The van der Waals surface area contributed by atoms with E-state index in [4.69, 9.17) is 10.5 Å². The summed E-state index contributed by atoms with van der Waals surface area (Å²) in [5, 5.41) is 10.9. The number of nitro benzene ring substituents is 1. The molecule has 126 valence electrons. The summed E-state index contributed by atoms with van der Waals surface area (Å²) in [4.78, 5) is 24.1. The summed E-state index contributed by atoms with van der Waals surface area (Å²) >= 11 is 0. The second kappa shape index (κ2) is 7.45. The molecule has 0 saturated carbocycles. The molecule has 2 aromatic rings. The third kappa shape index (κ3) is 4.01. The Morgan fingerprint density at radius 3 is 2.67 bits per heavy atom. The van der Waals surface area contributed by atoms with Gasteiger partial charge in [-0.15, -0.1) is 0 Å². The molecule has 2 aromatic carbocycles. The van der Waals surface area contributed by atoms with Gasteiger partial charge in [-0.3, -0.25) is 14.9 Å². The number of nitrogens with two attached hydrogens (primary N) is 1. The molecule has 2 rings (SSSR count). The Kier molecular flexibility index (Phi) is 5.36. The molecule has 0 saturated heterocycles. The van der Waals surface area contributed by atoms with Gasteiger partial charge < -0.3 is 15.4 Å². The van der Waals surface area contributed by atoms with Crippen molar-refractivity contribution in [2.45, 2.75) is 6.92 Å². The van der Waals surface area contributed by atoms with Crippen LogP contribution in [-0.2, 0) is 0 Å². The maximum Gasteiger partial charge on any atom is 0.292 e. The van der Waals surface area contributed by atoms with E-state index in [-0.39, 0.29) is 22.8 Å². The summed E-state index contributed by atoms with van der Waals surface area (Å²) in [6.07, 6.45) is 0. The molecule has 0 atom stereocenters. The molecule has 0 bridgehead atoms. The maximum absolute atomic E-state index is 12.3. The highest BCUT2D eigenvalue weighted by Gasteiger charge is 2.18. The van der Waals surface area contributed by atoms with E-state index in [1.165, 1.54) is 23.1 Å². The SMILES string of the molecule is Cc1ccccc1OCCN(C)C(=O)c1ccc(N)c([N+](=O)[O-])c1. The molecule has 0 aliphatic heterocycles. The van der Waals surface area contributed by atoms with Gasteiger partial charge in [-0.2, -0.15) is 0 Å². The second-order valence-electron chi connectivity index (χ2n) is 5.37. The molecule has 0 aromatic heterocycles. The zero-order valence-corrected chi connectivity index (χ0v) is 13.6. The number of carbonyl (C=O) groups is 1. The van der Waals surface area contributed by atoms with Crippen molar-refractivity contribution in [1.29, 1.82) is 0 Å². The molecular weight excluding hydrogens is 310 g/mol. The first-order chi connectivity index (χ1) is 11.4. The first-order valence-electron chi connectivity index (χ1n) is 7.38. The van der Waals surface area contributed by atoms with Crippen LogP contribution in [-0.4, -0.2) is 35.9 Å². The normalized spacial score (nSPS) is 10.2. The smallest absolute Gasteiger partial charge is 0.292 e. The molecule has 7 heteroatoms. The minimum atomic E-state index is -0.604. The van der Waals surface area contributed by atoms with Gasteiger partial charge in [0.15, 0.2) is 0 Å². The quantitative estimate of drug-likeness (QED) is 0.499. The first-order valence-corrected chi connectivity index (χ1v) is 7.38. The van der Waals surface area contributed by atoms with Crippen molar-refractivity contribution in [2.75, 3.05) is 25.9 Å². The lowest BCUT2D eigenvalue weighted by Crippen LogP contribution is -2.31. The number of carbonyl (C=O) groups excluding carboxylic acids is 1. The molecule has 0 aliphatic rings. The van der Waals surface area contributed by atoms with Crippen LogP contribution < -0.4 is 10.5 Å². The number of ether oxygens (including phenoxy) is 1. The largest absolute Gasteiger partial charge is 0.491 e. The number of hydrogen-bond donors (Lipinski definition) is 1. The topological polar surface area (TPSA) is 98.7 Å². The van der Waals surface area contributed by atoms with Gasteiger partial charge in [0, 0.05) is 18.7 Å². The van der Waals surface area contributed by atoms with Crippen LogP contribution in [0.25, 0.3) is 0 Å². The number of anilines is 1. The van der Waals surface area contributed by atoms with E-state index < -0.39 is 4.92 Å². The molecule has 0 spiro atoms. The number of amides is 1. The van der Waals surface area contributed by atoms with Crippen molar-refractivity contribution in [3.63, 3.8) is 0 Å². The van der Waals surface area contributed by atoms with E-state index >= 15 is 0 Å². The number of nitrogen functional groups attached to an aromatic ring is 1. The Morgan fingerprint density at radius 1 is 1.29 bits per heavy atom. The van der Waals surface area contributed by atoms with E-state index in [0.29, 0.717) is 13.2 Å². The number of hydrogen-bond acceptors (Lipinski definition) is 5. The van der Waals surface area contributed by atoms with Crippen molar-refractivity contribution >= 4 is 17.3 Å². The van der Waals surface area contributed by atoms with Gasteiger partial charge in [0.05, 0.1) is 11.5 Å². The lowest BCUT2D eigenvalue weighted by atomic mass is 10.1. The van der Waals surface area contributed by atoms with Gasteiger partial charge in [0.2, 0.25) is 0 Å². The highest BCUT2D eigenvalue weighted by Crippen LogP contribution is 2.23. The van der Waals surface area contributed by atoms with Gasteiger partial charge >= 0.3 is 0 Å². The fourth-order valence-electron chi connectivity index (χ4n) is 2.17. The Balaban J connectivity index is 1.98. The van der Waals surface area contributed by atoms with Crippen LogP contribution in [0.3, 0.4) is 0 Å². The third-order valence-electron chi connectivity index (χ3n) is 3.60. The predicted octanol–water partition coefficient (Wildman–Crippen LogP) is 2.64. The average molecular weight is 329 g/mol. The zero-order chi connectivity index (χ0) is 17.7. The average Bonchev–Trinajstić information content (AvgIpc) is 2.56. The van der Waals surface area contributed by atoms with Crippen LogP contribution in [0.15, 0.2) is 42.5 Å². The van der Waals surface area contributed by atoms with E-state index in [2.05, 4.69) is 0 Å². The molecule has 24 heavy (non-hydrogen) atoms. The summed E-state index contributed by atoms with van der Waals surface area (Å²) in [5.74, 6) is 0.438. The Bertz CT molecular complexity index is 761. The van der Waals surface area contributed by atoms with Crippen molar-refractivity contribution in [2.24, 2.45) is 0 Å². The first kappa shape index (κ1) is 17.3. The van der Waals surface area contributed by atoms with Gasteiger partial charge in [0.25, 0.3) is 11.6 Å². The highest BCUT2D eigenvalue weighted by atomic mass is 16.6. The highest BCUT2D eigenvalue weighted by molar-refractivity contribution is 5.95. The standard InChI is InChI=1S/C17H19N3O4/c1-12-5-3-4-6-16(12)24-10-9-19(2)17(21)13-7-8-14(18)15(11-13)20(22)23/h3-8,11H,9-10,18H2,1-2H3. The van der Waals surface area contributed by atoms with Gasteiger partial charge in [-0.1, -0.05) is 18.2 Å². The van der Waals surface area contributed by atoms with Crippen LogP contribution >= 0.6 is 0 Å². The summed E-state index contributed by atoms with van der Waals surface area (Å²) in [7, 11) is 1.62. The second-order valence-corrected chi connectivity index (χ2v) is 5.37. The number of likely N-dealkylation sites (N-methyl/N-ethyl adjacent to an activating group) is 1. The number of benzene rings is 2. The number of nitro groups is 1. The Labute approximate surface area is 139 Å². The van der Waals surface area contributed by atoms with Crippen LogP contribution in [0.5, 0.6) is 5.75 Å². The molecule has 0 aliphatic carbocycles. The van der Waals surface area contributed by atoms with Crippen LogP contribution in [0.1, 0.15) is 15.9 Å². The number of para-hydroxylation sites is 1. The molecule has 7 nitrogen and oxygen atoms in total. The molecule has 0 fully saturated rings. The number of aryl methyl sites for hydroxylation is 1. The maximum atomic E-state index is 12.3. The molecule has 1 amide bonds. The lowest BCUT2D eigenvalue weighted by molar-refractivity contribution is -0.383. The Morgan fingerprint density at radius 2 is 2.00 bits per heavy atom. The molecule has 0 radical (unpaired) electrons. The summed E-state index contributed by atoms with van der Waals surface area (Å²) in [5.41, 5.74) is 6.53.